The summed E-state index contributed by atoms with van der Waals surface area (Å²) in [6, 6.07) is 13.2. The van der Waals surface area contributed by atoms with Crippen LogP contribution in [0.5, 0.6) is 0 Å². The van der Waals surface area contributed by atoms with Crippen molar-refractivity contribution in [2.75, 3.05) is 51.3 Å². The van der Waals surface area contributed by atoms with Gasteiger partial charge in [0.05, 0.1) is 24.3 Å². The molecule has 2 aliphatic heterocycles. The Bertz CT molecular complexity index is 1190. The van der Waals surface area contributed by atoms with Gasteiger partial charge in [-0.3, -0.25) is 14.6 Å². The molecule has 2 fully saturated rings. The Morgan fingerprint density at radius 3 is 2.73 bits per heavy atom. The smallest absolute Gasteiger partial charge is 0.254 e. The van der Waals surface area contributed by atoms with Gasteiger partial charge in [0.1, 0.15) is 5.82 Å². The van der Waals surface area contributed by atoms with Crippen LogP contribution in [0.1, 0.15) is 38.7 Å². The number of fused-ring (bicyclic) bond motifs is 1. The largest absolute Gasteiger partial charge is 0.378 e. The lowest BCUT2D eigenvalue weighted by molar-refractivity contribution is 0.0790. The molecule has 33 heavy (non-hydrogen) atoms. The zero-order chi connectivity index (χ0) is 22.8. The summed E-state index contributed by atoms with van der Waals surface area (Å²) < 4.78 is 5.42. The highest BCUT2D eigenvalue weighted by molar-refractivity contribution is 6.06. The first kappa shape index (κ1) is 21.3. The van der Waals surface area contributed by atoms with Crippen molar-refractivity contribution in [3.8, 4) is 0 Å². The van der Waals surface area contributed by atoms with Crippen molar-refractivity contribution in [3.63, 3.8) is 0 Å². The van der Waals surface area contributed by atoms with Gasteiger partial charge in [0.15, 0.2) is 0 Å². The first-order chi connectivity index (χ1) is 16.1. The normalized spacial score (nSPS) is 18.5. The van der Waals surface area contributed by atoms with E-state index in [9.17, 15) is 9.59 Å². The molecule has 2 aromatic heterocycles. The number of carbonyl (C=O) groups excluding carboxylic acids is 2. The Labute approximate surface area is 192 Å². The number of hydrogen-bond acceptors (Lipinski definition) is 6. The number of likely N-dealkylation sites (tertiary alicyclic amines) is 1. The molecular weight excluding hydrogens is 418 g/mol. The second-order valence-corrected chi connectivity index (χ2v) is 8.43. The summed E-state index contributed by atoms with van der Waals surface area (Å²) in [5.74, 6) is 0.767. The monoisotopic (exact) mass is 445 g/mol. The third-order valence-corrected chi connectivity index (χ3v) is 6.43. The quantitative estimate of drug-likeness (QED) is 0.664. The molecule has 1 aromatic carbocycles. The second kappa shape index (κ2) is 9.15. The Morgan fingerprint density at radius 1 is 1.09 bits per heavy atom. The number of carbonyl (C=O) groups is 2. The first-order valence-electron chi connectivity index (χ1n) is 11.3. The highest BCUT2D eigenvalue weighted by atomic mass is 16.5. The Balaban J connectivity index is 1.36. The second-order valence-electron chi connectivity index (χ2n) is 8.43. The number of anilines is 1. The summed E-state index contributed by atoms with van der Waals surface area (Å²) in [5.41, 5.74) is 2.91. The van der Waals surface area contributed by atoms with Crippen molar-refractivity contribution in [1.82, 2.24) is 20.2 Å². The number of hydrogen-bond donors (Lipinski definition) is 1. The molecule has 0 spiro atoms. The predicted molar refractivity (Wildman–Crippen MR) is 126 cm³/mol. The van der Waals surface area contributed by atoms with E-state index in [4.69, 9.17) is 9.72 Å². The van der Waals surface area contributed by atoms with Gasteiger partial charge in [-0.1, -0.05) is 18.2 Å². The molecule has 0 radical (unpaired) electrons. The molecule has 2 saturated heterocycles. The fourth-order valence-corrected chi connectivity index (χ4v) is 4.61. The van der Waals surface area contributed by atoms with Crippen LogP contribution in [0.15, 0.2) is 48.7 Å². The van der Waals surface area contributed by atoms with Crippen LogP contribution in [0.3, 0.4) is 0 Å². The molecule has 5 rings (SSSR count). The lowest BCUT2D eigenvalue weighted by atomic mass is 9.99. The van der Waals surface area contributed by atoms with Gasteiger partial charge in [0.2, 0.25) is 0 Å². The number of ether oxygens (including phenoxy) is 1. The zero-order valence-electron chi connectivity index (χ0n) is 18.7. The lowest BCUT2D eigenvalue weighted by Gasteiger charge is -2.28. The van der Waals surface area contributed by atoms with E-state index in [1.807, 2.05) is 41.3 Å². The molecule has 4 heterocycles. The van der Waals surface area contributed by atoms with Crippen LogP contribution < -0.4 is 10.2 Å². The molecule has 1 atom stereocenters. The molecule has 0 unspecified atom stereocenters. The van der Waals surface area contributed by atoms with Gasteiger partial charge in [0, 0.05) is 62.0 Å². The van der Waals surface area contributed by atoms with Crippen molar-refractivity contribution in [1.29, 1.82) is 0 Å². The summed E-state index contributed by atoms with van der Waals surface area (Å²) in [4.78, 5) is 39.1. The average molecular weight is 446 g/mol. The van der Waals surface area contributed by atoms with E-state index < -0.39 is 0 Å². The molecule has 2 amide bonds. The van der Waals surface area contributed by atoms with Gasteiger partial charge in [-0.15, -0.1) is 0 Å². The minimum Gasteiger partial charge on any atom is -0.378 e. The molecule has 2 aliphatic rings. The topological polar surface area (TPSA) is 87.7 Å². The van der Waals surface area contributed by atoms with Gasteiger partial charge in [0.25, 0.3) is 11.8 Å². The predicted octanol–water partition coefficient (Wildman–Crippen LogP) is 2.46. The minimum absolute atomic E-state index is 0.00160. The highest BCUT2D eigenvalue weighted by Gasteiger charge is 2.30. The highest BCUT2D eigenvalue weighted by Crippen LogP contribution is 2.30. The van der Waals surface area contributed by atoms with E-state index in [2.05, 4.69) is 15.2 Å². The van der Waals surface area contributed by atoms with E-state index in [1.165, 1.54) is 0 Å². The third-order valence-electron chi connectivity index (χ3n) is 6.43. The molecule has 0 aliphatic carbocycles. The van der Waals surface area contributed by atoms with Gasteiger partial charge < -0.3 is 19.9 Å². The first-order valence-corrected chi connectivity index (χ1v) is 11.3. The van der Waals surface area contributed by atoms with E-state index >= 15 is 0 Å². The van der Waals surface area contributed by atoms with Crippen molar-refractivity contribution in [3.05, 3.63) is 65.5 Å². The van der Waals surface area contributed by atoms with Crippen LogP contribution in [0, 0.1) is 0 Å². The standard InChI is InChI=1S/C25H27N5O3/c1-26-24(31)20-15-22(28-21-5-3-2-4-19(20)21)18-7-9-30(16-18)25(32)17-6-8-27-23(14-17)29-10-12-33-13-11-29/h2-6,8,14-15,18H,7,9-13,16H2,1H3,(H,26,31)/t18-/m1/s1. The SMILES string of the molecule is CNC(=O)c1cc([C@@H]2CCN(C(=O)c3ccnc(N4CCOCC4)c3)C2)nc2ccccc12. The Kier molecular flexibility index (Phi) is 5.92. The number of para-hydroxylation sites is 1. The summed E-state index contributed by atoms with van der Waals surface area (Å²) in [5, 5.41) is 3.56. The van der Waals surface area contributed by atoms with Crippen LogP contribution in [0.25, 0.3) is 10.9 Å². The van der Waals surface area contributed by atoms with Crippen molar-refractivity contribution in [2.24, 2.45) is 0 Å². The third kappa shape index (κ3) is 4.26. The number of morpholine rings is 1. The van der Waals surface area contributed by atoms with Crippen molar-refractivity contribution in [2.45, 2.75) is 12.3 Å². The minimum atomic E-state index is -0.131. The fourth-order valence-electron chi connectivity index (χ4n) is 4.61. The number of nitrogens with one attached hydrogen (secondary N) is 1. The van der Waals surface area contributed by atoms with E-state index in [0.29, 0.717) is 37.4 Å². The maximum atomic E-state index is 13.3. The molecule has 8 heteroatoms. The maximum absolute atomic E-state index is 13.3. The summed E-state index contributed by atoms with van der Waals surface area (Å²) >= 11 is 0. The van der Waals surface area contributed by atoms with Gasteiger partial charge in [-0.05, 0) is 30.7 Å². The number of pyridine rings is 2. The number of rotatable bonds is 4. The molecular formula is C25H27N5O3. The summed E-state index contributed by atoms with van der Waals surface area (Å²) in [6.07, 6.45) is 2.51. The molecule has 0 saturated carbocycles. The van der Waals surface area contributed by atoms with Crippen LogP contribution in [0.4, 0.5) is 5.82 Å². The van der Waals surface area contributed by atoms with Crippen LogP contribution in [-0.2, 0) is 4.74 Å². The molecule has 1 N–H and O–H groups in total. The Hall–Kier alpha value is -3.52. The van der Waals surface area contributed by atoms with E-state index in [0.717, 1.165) is 41.9 Å². The fraction of sp³-hybridized carbons (Fsp3) is 0.360. The Morgan fingerprint density at radius 2 is 1.91 bits per heavy atom. The average Bonchev–Trinajstić information content (AvgIpc) is 3.38. The van der Waals surface area contributed by atoms with Crippen LogP contribution in [0.2, 0.25) is 0 Å². The maximum Gasteiger partial charge on any atom is 0.254 e. The number of nitrogens with zero attached hydrogens (tertiary/aromatic N) is 4. The lowest BCUT2D eigenvalue weighted by Crippen LogP contribution is -2.37. The van der Waals surface area contributed by atoms with Gasteiger partial charge in [-0.2, -0.15) is 0 Å². The van der Waals surface area contributed by atoms with Crippen molar-refractivity contribution >= 4 is 28.5 Å². The molecule has 8 nitrogen and oxygen atoms in total. The molecule has 170 valence electrons. The summed E-state index contributed by atoms with van der Waals surface area (Å²) in [7, 11) is 1.63. The van der Waals surface area contributed by atoms with E-state index in [-0.39, 0.29) is 17.7 Å². The number of aromatic nitrogens is 2. The number of benzene rings is 1. The summed E-state index contributed by atoms with van der Waals surface area (Å²) in [6.45, 7) is 4.12. The van der Waals surface area contributed by atoms with Crippen molar-refractivity contribution < 1.29 is 14.3 Å². The van der Waals surface area contributed by atoms with Crippen LogP contribution in [-0.4, -0.2) is 73.1 Å². The molecule has 0 bridgehead atoms. The van der Waals surface area contributed by atoms with Gasteiger partial charge in [-0.25, -0.2) is 4.98 Å². The van der Waals surface area contributed by atoms with Gasteiger partial charge >= 0.3 is 0 Å². The molecule has 3 aromatic rings. The number of amides is 2. The van der Waals surface area contributed by atoms with Crippen LogP contribution >= 0.6 is 0 Å². The zero-order valence-corrected chi connectivity index (χ0v) is 18.7. The van der Waals surface area contributed by atoms with E-state index in [1.54, 1.807) is 19.3 Å².